The van der Waals surface area contributed by atoms with E-state index in [2.05, 4.69) is 4.57 Å². The standard InChI is InChI=1S/C31H31NO7/c1-5-39-31(35)29-28(21-10-12-24(33)20-9-7-6-8-19(20)21)23(11-13-27(34)38-4)32-15-14-18-16-25(36-2)26(37-3)17-22(18)30(29)32/h6-10,12,16-17,33H,5,11,13-15H2,1-4H3. The number of esters is 2. The Hall–Kier alpha value is -4.46. The van der Waals surface area contributed by atoms with Crippen LogP contribution in [0.2, 0.25) is 0 Å². The molecule has 39 heavy (non-hydrogen) atoms. The fourth-order valence-corrected chi connectivity index (χ4v) is 5.55. The van der Waals surface area contributed by atoms with Crippen LogP contribution < -0.4 is 9.47 Å². The number of ether oxygens (including phenoxy) is 4. The topological polar surface area (TPSA) is 96.2 Å². The highest BCUT2D eigenvalue weighted by atomic mass is 16.5. The van der Waals surface area contributed by atoms with Crippen molar-refractivity contribution in [1.29, 1.82) is 0 Å². The van der Waals surface area contributed by atoms with Gasteiger partial charge in [0.25, 0.3) is 0 Å². The highest BCUT2D eigenvalue weighted by Gasteiger charge is 2.34. The van der Waals surface area contributed by atoms with E-state index in [0.29, 0.717) is 53.1 Å². The molecule has 5 rings (SSSR count). The van der Waals surface area contributed by atoms with Crippen LogP contribution in [0.15, 0.2) is 48.5 Å². The van der Waals surface area contributed by atoms with Gasteiger partial charge < -0.3 is 28.6 Å². The zero-order valence-corrected chi connectivity index (χ0v) is 22.5. The van der Waals surface area contributed by atoms with Crippen molar-refractivity contribution in [3.63, 3.8) is 0 Å². The molecule has 1 N–H and O–H groups in total. The summed E-state index contributed by atoms with van der Waals surface area (Å²) in [6, 6.07) is 14.8. The van der Waals surface area contributed by atoms with Gasteiger partial charge in [0.15, 0.2) is 11.5 Å². The van der Waals surface area contributed by atoms with E-state index in [1.807, 2.05) is 42.5 Å². The maximum Gasteiger partial charge on any atom is 0.340 e. The van der Waals surface area contributed by atoms with Gasteiger partial charge in [-0.3, -0.25) is 4.79 Å². The number of carbonyl (C=O) groups excluding carboxylic acids is 2. The first-order valence-corrected chi connectivity index (χ1v) is 12.9. The van der Waals surface area contributed by atoms with E-state index in [4.69, 9.17) is 18.9 Å². The third kappa shape index (κ3) is 4.46. The Morgan fingerprint density at radius 3 is 2.36 bits per heavy atom. The van der Waals surface area contributed by atoms with Crippen LogP contribution >= 0.6 is 0 Å². The van der Waals surface area contributed by atoms with Crippen molar-refractivity contribution in [2.24, 2.45) is 0 Å². The van der Waals surface area contributed by atoms with E-state index in [9.17, 15) is 14.7 Å². The van der Waals surface area contributed by atoms with Crippen LogP contribution in [-0.4, -0.2) is 49.5 Å². The molecule has 0 spiro atoms. The SMILES string of the molecule is CCOC(=O)c1c(-c2ccc(O)c3ccccc23)c(CCC(=O)OC)n2c1-c1cc(OC)c(OC)cc1CC2. The molecule has 0 fully saturated rings. The minimum Gasteiger partial charge on any atom is -0.507 e. The number of phenols is 1. The number of methoxy groups -OCH3 is 3. The van der Waals surface area contributed by atoms with Gasteiger partial charge in [-0.1, -0.05) is 24.3 Å². The van der Waals surface area contributed by atoms with Gasteiger partial charge in [0, 0.05) is 28.8 Å². The lowest BCUT2D eigenvalue weighted by atomic mass is 9.91. The minimum atomic E-state index is -0.458. The van der Waals surface area contributed by atoms with E-state index >= 15 is 0 Å². The molecule has 1 aliphatic rings. The first-order chi connectivity index (χ1) is 18.9. The van der Waals surface area contributed by atoms with Crippen LogP contribution in [0, 0.1) is 0 Å². The van der Waals surface area contributed by atoms with Crippen molar-refractivity contribution >= 4 is 22.7 Å². The van der Waals surface area contributed by atoms with Crippen LogP contribution in [-0.2, 0) is 33.7 Å². The number of aryl methyl sites for hydroxylation is 1. The fourth-order valence-electron chi connectivity index (χ4n) is 5.55. The molecule has 0 bridgehead atoms. The lowest BCUT2D eigenvalue weighted by Crippen LogP contribution is -2.16. The molecular weight excluding hydrogens is 498 g/mol. The molecule has 3 aromatic carbocycles. The van der Waals surface area contributed by atoms with Crippen molar-refractivity contribution in [1.82, 2.24) is 4.57 Å². The van der Waals surface area contributed by atoms with Crippen molar-refractivity contribution in [2.75, 3.05) is 27.9 Å². The Bertz CT molecular complexity index is 1580. The van der Waals surface area contributed by atoms with Gasteiger partial charge in [0.1, 0.15) is 5.75 Å². The first-order valence-electron chi connectivity index (χ1n) is 12.9. The van der Waals surface area contributed by atoms with E-state index in [-0.39, 0.29) is 24.7 Å². The Labute approximate surface area is 226 Å². The smallest absolute Gasteiger partial charge is 0.340 e. The number of hydrogen-bond donors (Lipinski definition) is 1. The number of phenolic OH excluding ortho intramolecular Hbond substituents is 1. The quantitative estimate of drug-likeness (QED) is 0.300. The second kappa shape index (κ2) is 10.7. The third-order valence-corrected chi connectivity index (χ3v) is 7.28. The lowest BCUT2D eigenvalue weighted by Gasteiger charge is -2.24. The average molecular weight is 530 g/mol. The van der Waals surface area contributed by atoms with Crippen LogP contribution in [0.5, 0.6) is 17.2 Å². The summed E-state index contributed by atoms with van der Waals surface area (Å²) < 4.78 is 23.8. The van der Waals surface area contributed by atoms with Crippen LogP contribution in [0.4, 0.5) is 0 Å². The Balaban J connectivity index is 1.89. The van der Waals surface area contributed by atoms with E-state index < -0.39 is 5.97 Å². The molecule has 0 amide bonds. The molecule has 1 aromatic heterocycles. The molecule has 2 heterocycles. The molecule has 1 aliphatic heterocycles. The van der Waals surface area contributed by atoms with E-state index in [0.717, 1.165) is 27.8 Å². The number of hydrogen-bond acceptors (Lipinski definition) is 7. The zero-order valence-electron chi connectivity index (χ0n) is 22.5. The summed E-state index contributed by atoms with van der Waals surface area (Å²) in [6.45, 7) is 2.57. The Morgan fingerprint density at radius 1 is 0.949 bits per heavy atom. The minimum absolute atomic E-state index is 0.143. The molecule has 8 nitrogen and oxygen atoms in total. The lowest BCUT2D eigenvalue weighted by molar-refractivity contribution is -0.140. The molecule has 0 saturated heterocycles. The van der Waals surface area contributed by atoms with E-state index in [1.165, 1.54) is 7.11 Å². The van der Waals surface area contributed by atoms with Gasteiger partial charge >= 0.3 is 11.9 Å². The van der Waals surface area contributed by atoms with Crippen LogP contribution in [0.25, 0.3) is 33.2 Å². The second-order valence-corrected chi connectivity index (χ2v) is 9.29. The highest BCUT2D eigenvalue weighted by Crippen LogP contribution is 2.47. The fraction of sp³-hybridized carbons (Fsp3) is 0.290. The zero-order chi connectivity index (χ0) is 27.7. The highest BCUT2D eigenvalue weighted by molar-refractivity contribution is 6.10. The summed E-state index contributed by atoms with van der Waals surface area (Å²) in [7, 11) is 4.54. The normalized spacial score (nSPS) is 12.0. The monoisotopic (exact) mass is 529 g/mol. The van der Waals surface area contributed by atoms with Gasteiger partial charge in [-0.2, -0.15) is 0 Å². The molecule has 0 saturated carbocycles. The maximum atomic E-state index is 13.8. The van der Waals surface area contributed by atoms with Crippen molar-refractivity contribution < 1.29 is 33.6 Å². The number of fused-ring (bicyclic) bond motifs is 4. The Kier molecular flexibility index (Phi) is 7.19. The van der Waals surface area contributed by atoms with Crippen LogP contribution in [0.3, 0.4) is 0 Å². The van der Waals surface area contributed by atoms with Gasteiger partial charge in [-0.15, -0.1) is 0 Å². The number of rotatable bonds is 8. The van der Waals surface area contributed by atoms with Gasteiger partial charge in [-0.25, -0.2) is 4.79 Å². The molecule has 202 valence electrons. The summed E-state index contributed by atoms with van der Waals surface area (Å²) in [6.07, 6.45) is 1.19. The maximum absolute atomic E-state index is 13.8. The molecule has 0 atom stereocenters. The molecular formula is C31H31NO7. The van der Waals surface area contributed by atoms with Gasteiger partial charge in [-0.05, 0) is 60.5 Å². The number of aromatic nitrogens is 1. The molecule has 0 radical (unpaired) electrons. The summed E-state index contributed by atoms with van der Waals surface area (Å²) in [4.78, 5) is 26.0. The molecule has 0 aliphatic carbocycles. The number of aromatic hydroxyl groups is 1. The first kappa shape index (κ1) is 26.2. The second-order valence-electron chi connectivity index (χ2n) is 9.29. The summed E-state index contributed by atoms with van der Waals surface area (Å²) >= 11 is 0. The summed E-state index contributed by atoms with van der Waals surface area (Å²) in [5.74, 6) is 0.514. The molecule has 0 unspecified atom stereocenters. The van der Waals surface area contributed by atoms with Crippen molar-refractivity contribution in [3.8, 4) is 39.6 Å². The van der Waals surface area contributed by atoms with Gasteiger partial charge in [0.2, 0.25) is 0 Å². The number of carbonyl (C=O) groups is 2. The number of benzene rings is 3. The summed E-state index contributed by atoms with van der Waals surface area (Å²) in [5, 5.41) is 12.1. The van der Waals surface area contributed by atoms with Crippen LogP contribution in [0.1, 0.15) is 35.0 Å². The van der Waals surface area contributed by atoms with Gasteiger partial charge in [0.05, 0.1) is 45.6 Å². The average Bonchev–Trinajstić information content (AvgIpc) is 3.29. The predicted molar refractivity (Wildman–Crippen MR) is 148 cm³/mol. The summed E-state index contributed by atoms with van der Waals surface area (Å²) in [5.41, 5.74) is 5.28. The van der Waals surface area contributed by atoms with E-state index in [1.54, 1.807) is 27.2 Å². The third-order valence-electron chi connectivity index (χ3n) is 7.28. The number of nitrogens with zero attached hydrogens (tertiary/aromatic N) is 1. The van der Waals surface area contributed by atoms with Crippen molar-refractivity contribution in [3.05, 3.63) is 65.4 Å². The Morgan fingerprint density at radius 2 is 1.67 bits per heavy atom. The molecule has 4 aromatic rings. The predicted octanol–water partition coefficient (Wildman–Crippen LogP) is 5.54. The largest absolute Gasteiger partial charge is 0.507 e. The van der Waals surface area contributed by atoms with Crippen molar-refractivity contribution in [2.45, 2.75) is 32.7 Å². The molecule has 8 heteroatoms.